The fourth-order valence-corrected chi connectivity index (χ4v) is 2.03. The summed E-state index contributed by atoms with van der Waals surface area (Å²) in [5.74, 6) is -0.588. The summed E-state index contributed by atoms with van der Waals surface area (Å²) in [6, 6.07) is 16.2. The number of ether oxygens (including phenoxy) is 1. The molecule has 0 saturated heterocycles. The van der Waals surface area contributed by atoms with Gasteiger partial charge in [0.1, 0.15) is 12.4 Å². The zero-order chi connectivity index (χ0) is 15.9. The molecule has 0 bridgehead atoms. The molecule has 4 N–H and O–H groups in total. The molecule has 0 heterocycles. The molecule has 0 aliphatic heterocycles. The number of aliphatic carboxylic acids is 1. The minimum atomic E-state index is -1.56. The monoisotopic (exact) mass is 301 g/mol. The highest BCUT2D eigenvalue weighted by Crippen LogP contribution is 2.15. The molecular formula is C17H19NO4. The Morgan fingerprint density at radius 2 is 1.68 bits per heavy atom. The van der Waals surface area contributed by atoms with E-state index in [4.69, 9.17) is 15.6 Å². The molecule has 2 atom stereocenters. The second-order valence-corrected chi connectivity index (χ2v) is 5.07. The van der Waals surface area contributed by atoms with E-state index < -0.39 is 18.1 Å². The van der Waals surface area contributed by atoms with Gasteiger partial charge in [-0.05, 0) is 29.7 Å². The van der Waals surface area contributed by atoms with E-state index in [9.17, 15) is 9.90 Å². The van der Waals surface area contributed by atoms with Gasteiger partial charge < -0.3 is 20.7 Å². The Labute approximate surface area is 129 Å². The Balaban J connectivity index is 1.89. The van der Waals surface area contributed by atoms with Crippen LogP contribution in [0.1, 0.15) is 11.1 Å². The lowest BCUT2D eigenvalue weighted by Crippen LogP contribution is -2.41. The lowest BCUT2D eigenvalue weighted by atomic mass is 10.0. The number of rotatable bonds is 7. The van der Waals surface area contributed by atoms with Crippen LogP contribution in [0, 0.1) is 0 Å². The lowest BCUT2D eigenvalue weighted by molar-refractivity contribution is -0.147. The highest BCUT2D eigenvalue weighted by atomic mass is 16.5. The van der Waals surface area contributed by atoms with Gasteiger partial charge in [-0.25, -0.2) is 4.79 Å². The van der Waals surface area contributed by atoms with Gasteiger partial charge in [0, 0.05) is 6.04 Å². The Hall–Kier alpha value is -2.37. The summed E-state index contributed by atoms with van der Waals surface area (Å²) in [4.78, 5) is 10.7. The second-order valence-electron chi connectivity index (χ2n) is 5.07. The summed E-state index contributed by atoms with van der Waals surface area (Å²) in [6.45, 7) is 0.484. The Kier molecular flexibility index (Phi) is 5.52. The first-order chi connectivity index (χ1) is 10.6. The molecule has 2 aromatic rings. The molecule has 0 unspecified atom stereocenters. The Morgan fingerprint density at radius 3 is 2.27 bits per heavy atom. The molecule has 0 aromatic heterocycles. The van der Waals surface area contributed by atoms with E-state index in [1.165, 1.54) is 0 Å². The normalized spacial score (nSPS) is 13.4. The molecule has 0 amide bonds. The summed E-state index contributed by atoms with van der Waals surface area (Å²) >= 11 is 0. The summed E-state index contributed by atoms with van der Waals surface area (Å²) in [7, 11) is 0. The third kappa shape index (κ3) is 4.58. The maximum atomic E-state index is 10.7. The molecule has 0 saturated carbocycles. The average Bonchev–Trinajstić information content (AvgIpc) is 2.54. The number of carboxylic acids is 1. The number of hydrogen-bond donors (Lipinski definition) is 3. The van der Waals surface area contributed by atoms with Gasteiger partial charge in [0.05, 0.1) is 0 Å². The van der Waals surface area contributed by atoms with E-state index in [1.807, 2.05) is 42.5 Å². The van der Waals surface area contributed by atoms with Gasteiger partial charge in [0.25, 0.3) is 0 Å². The van der Waals surface area contributed by atoms with Crippen LogP contribution in [-0.4, -0.2) is 28.3 Å². The molecule has 5 heteroatoms. The molecule has 2 rings (SSSR count). The molecule has 0 spiro atoms. The minimum absolute atomic E-state index is 0.284. The fraction of sp³-hybridized carbons (Fsp3) is 0.235. The van der Waals surface area contributed by atoms with Gasteiger partial charge >= 0.3 is 5.97 Å². The van der Waals surface area contributed by atoms with Crippen molar-refractivity contribution in [3.8, 4) is 5.75 Å². The fourth-order valence-electron chi connectivity index (χ4n) is 2.03. The predicted octanol–water partition coefficient (Wildman–Crippen LogP) is 1.58. The van der Waals surface area contributed by atoms with E-state index in [1.54, 1.807) is 12.1 Å². The largest absolute Gasteiger partial charge is 0.489 e. The van der Waals surface area contributed by atoms with E-state index in [0.717, 1.165) is 16.9 Å². The van der Waals surface area contributed by atoms with Crippen molar-refractivity contribution in [3.63, 3.8) is 0 Å². The van der Waals surface area contributed by atoms with Crippen molar-refractivity contribution < 1.29 is 19.7 Å². The van der Waals surface area contributed by atoms with Crippen molar-refractivity contribution in [1.82, 2.24) is 0 Å². The number of benzene rings is 2. The summed E-state index contributed by atoms with van der Waals surface area (Å²) in [5, 5.41) is 18.1. The molecule has 116 valence electrons. The van der Waals surface area contributed by atoms with Gasteiger partial charge in [0.15, 0.2) is 6.10 Å². The van der Waals surface area contributed by atoms with Crippen LogP contribution in [0.15, 0.2) is 54.6 Å². The highest BCUT2D eigenvalue weighted by molar-refractivity contribution is 5.72. The van der Waals surface area contributed by atoms with Gasteiger partial charge in [-0.2, -0.15) is 0 Å². The average molecular weight is 301 g/mol. The van der Waals surface area contributed by atoms with Crippen LogP contribution in [0.2, 0.25) is 0 Å². The third-order valence-corrected chi connectivity index (χ3v) is 3.30. The lowest BCUT2D eigenvalue weighted by Gasteiger charge is -2.15. The van der Waals surface area contributed by atoms with Gasteiger partial charge in [-0.15, -0.1) is 0 Å². The second kappa shape index (κ2) is 7.59. The van der Waals surface area contributed by atoms with Gasteiger partial charge in [-0.3, -0.25) is 0 Å². The zero-order valence-electron chi connectivity index (χ0n) is 12.1. The minimum Gasteiger partial charge on any atom is -0.489 e. The molecular weight excluding hydrogens is 282 g/mol. The Morgan fingerprint density at radius 1 is 1.05 bits per heavy atom. The molecule has 2 aromatic carbocycles. The summed E-state index contributed by atoms with van der Waals surface area (Å²) in [5.41, 5.74) is 7.59. The van der Waals surface area contributed by atoms with Crippen molar-refractivity contribution in [2.24, 2.45) is 5.73 Å². The first-order valence-corrected chi connectivity index (χ1v) is 6.98. The molecule has 0 aliphatic carbocycles. The van der Waals surface area contributed by atoms with Crippen molar-refractivity contribution in [3.05, 3.63) is 65.7 Å². The van der Waals surface area contributed by atoms with Crippen molar-refractivity contribution in [2.45, 2.75) is 25.2 Å². The number of aliphatic hydroxyl groups excluding tert-OH is 1. The van der Waals surface area contributed by atoms with Crippen molar-refractivity contribution in [1.29, 1.82) is 0 Å². The van der Waals surface area contributed by atoms with Crippen LogP contribution in [-0.2, 0) is 17.8 Å². The zero-order valence-corrected chi connectivity index (χ0v) is 12.1. The number of hydrogen-bond acceptors (Lipinski definition) is 4. The SMILES string of the molecule is N[C@@H](Cc1ccc(OCc2ccccc2)cc1)[C@H](O)C(=O)O. The van der Waals surface area contributed by atoms with E-state index in [0.29, 0.717) is 6.61 Å². The maximum absolute atomic E-state index is 10.7. The maximum Gasteiger partial charge on any atom is 0.334 e. The first-order valence-electron chi connectivity index (χ1n) is 6.98. The highest BCUT2D eigenvalue weighted by Gasteiger charge is 2.22. The van der Waals surface area contributed by atoms with Crippen LogP contribution < -0.4 is 10.5 Å². The van der Waals surface area contributed by atoms with E-state index >= 15 is 0 Å². The molecule has 5 nitrogen and oxygen atoms in total. The third-order valence-electron chi connectivity index (χ3n) is 3.30. The molecule has 0 aliphatic rings. The van der Waals surface area contributed by atoms with Gasteiger partial charge in [-0.1, -0.05) is 42.5 Å². The van der Waals surface area contributed by atoms with E-state index in [2.05, 4.69) is 0 Å². The van der Waals surface area contributed by atoms with Gasteiger partial charge in [0.2, 0.25) is 0 Å². The van der Waals surface area contributed by atoms with E-state index in [-0.39, 0.29) is 6.42 Å². The standard InChI is InChI=1S/C17H19NO4/c18-15(16(19)17(20)21)10-12-6-8-14(9-7-12)22-11-13-4-2-1-3-5-13/h1-9,15-16,19H,10-11,18H2,(H,20,21)/t15-,16-/m0/s1. The topological polar surface area (TPSA) is 92.8 Å². The summed E-state index contributed by atoms with van der Waals surface area (Å²) in [6.07, 6.45) is -1.28. The number of nitrogens with two attached hydrogens (primary N) is 1. The van der Waals surface area contributed by atoms with Crippen LogP contribution in [0.4, 0.5) is 0 Å². The van der Waals surface area contributed by atoms with Crippen molar-refractivity contribution in [2.75, 3.05) is 0 Å². The predicted molar refractivity (Wildman–Crippen MR) is 82.5 cm³/mol. The quantitative estimate of drug-likeness (QED) is 0.722. The smallest absolute Gasteiger partial charge is 0.334 e. The number of carboxylic acid groups (broad SMARTS) is 1. The number of carbonyl (C=O) groups is 1. The molecule has 0 radical (unpaired) electrons. The van der Waals surface area contributed by atoms with Crippen molar-refractivity contribution >= 4 is 5.97 Å². The van der Waals surface area contributed by atoms with Crippen LogP contribution in [0.5, 0.6) is 5.75 Å². The van der Waals surface area contributed by atoms with Crippen LogP contribution in [0.25, 0.3) is 0 Å². The summed E-state index contributed by atoms with van der Waals surface area (Å²) < 4.78 is 5.66. The van der Waals surface area contributed by atoms with Crippen LogP contribution in [0.3, 0.4) is 0 Å². The van der Waals surface area contributed by atoms with Crippen LogP contribution >= 0.6 is 0 Å². The Bertz CT molecular complexity index is 598. The first kappa shape index (κ1) is 16.0. The molecule has 0 fully saturated rings. The molecule has 22 heavy (non-hydrogen) atoms. The number of aliphatic hydroxyl groups is 1.